The lowest BCUT2D eigenvalue weighted by Crippen LogP contribution is -1.82. The molecule has 58 valence electrons. The lowest BCUT2D eigenvalue weighted by atomic mass is 10.0. The Labute approximate surface area is 64.6 Å². The van der Waals surface area contributed by atoms with Gasteiger partial charge in [0.15, 0.2) is 0 Å². The Morgan fingerprint density at radius 2 is 2.00 bits per heavy atom. The Morgan fingerprint density at radius 3 is 2.30 bits per heavy atom. The highest BCUT2D eigenvalue weighted by atomic mass is 14.0. The van der Waals surface area contributed by atoms with Crippen molar-refractivity contribution < 1.29 is 0 Å². The second kappa shape index (κ2) is 5.28. The average Bonchev–Trinajstić information content (AvgIpc) is 1.91. The Kier molecular flexibility index (Phi) is 5.00. The Hall–Kier alpha value is -0.520. The molecular formula is C10H18. The van der Waals surface area contributed by atoms with Crippen molar-refractivity contribution in [1.29, 1.82) is 0 Å². The molecule has 0 unspecified atom stereocenters. The average molecular weight is 138 g/mol. The molecule has 0 saturated heterocycles. The van der Waals surface area contributed by atoms with Crippen LogP contribution in [0.5, 0.6) is 0 Å². The maximum absolute atomic E-state index is 3.78. The summed E-state index contributed by atoms with van der Waals surface area (Å²) in [6.07, 6.45) is 5.55. The van der Waals surface area contributed by atoms with Crippen LogP contribution in [0.15, 0.2) is 23.8 Å². The van der Waals surface area contributed by atoms with Crippen LogP contribution in [0.4, 0.5) is 0 Å². The van der Waals surface area contributed by atoms with E-state index >= 15 is 0 Å². The molecule has 0 heteroatoms. The summed E-state index contributed by atoms with van der Waals surface area (Å²) in [6.45, 7) is 10.4. The minimum atomic E-state index is 1.12. The summed E-state index contributed by atoms with van der Waals surface area (Å²) in [7, 11) is 0. The molecule has 0 bridgehead atoms. The molecule has 0 spiro atoms. The molecule has 0 N–H and O–H groups in total. The van der Waals surface area contributed by atoms with Crippen LogP contribution in [0.1, 0.15) is 40.0 Å². The van der Waals surface area contributed by atoms with E-state index in [0.717, 1.165) is 6.42 Å². The molecule has 0 aromatic carbocycles. The predicted octanol–water partition coefficient (Wildman–Crippen LogP) is 3.70. The van der Waals surface area contributed by atoms with Crippen LogP contribution in [-0.4, -0.2) is 0 Å². The van der Waals surface area contributed by atoms with E-state index < -0.39 is 0 Å². The molecule has 0 aromatic heterocycles. The van der Waals surface area contributed by atoms with E-state index in [1.807, 2.05) is 6.08 Å². The third-order valence-electron chi connectivity index (χ3n) is 1.80. The van der Waals surface area contributed by atoms with Gasteiger partial charge in [-0.1, -0.05) is 38.5 Å². The fourth-order valence-corrected chi connectivity index (χ4v) is 1.16. The fourth-order valence-electron chi connectivity index (χ4n) is 1.16. The van der Waals surface area contributed by atoms with E-state index in [1.165, 1.54) is 24.0 Å². The Morgan fingerprint density at radius 1 is 1.40 bits per heavy atom. The van der Waals surface area contributed by atoms with Crippen LogP contribution in [0.2, 0.25) is 0 Å². The van der Waals surface area contributed by atoms with Gasteiger partial charge in [0, 0.05) is 0 Å². The van der Waals surface area contributed by atoms with Gasteiger partial charge >= 0.3 is 0 Å². The van der Waals surface area contributed by atoms with E-state index in [2.05, 4.69) is 27.4 Å². The molecule has 0 nitrogen and oxygen atoms in total. The Balaban J connectivity index is 4.12. The van der Waals surface area contributed by atoms with E-state index in [0.29, 0.717) is 0 Å². The van der Waals surface area contributed by atoms with Crippen LogP contribution in [0, 0.1) is 0 Å². The van der Waals surface area contributed by atoms with Gasteiger partial charge in [0.1, 0.15) is 0 Å². The van der Waals surface area contributed by atoms with Crippen molar-refractivity contribution in [3.8, 4) is 0 Å². The van der Waals surface area contributed by atoms with Gasteiger partial charge in [0.05, 0.1) is 0 Å². The van der Waals surface area contributed by atoms with Crippen molar-refractivity contribution in [3.05, 3.63) is 23.8 Å². The SMILES string of the molecule is C=C/C(CC)=C(\C)CCC. The van der Waals surface area contributed by atoms with Gasteiger partial charge < -0.3 is 0 Å². The second-order valence-corrected chi connectivity index (χ2v) is 2.61. The second-order valence-electron chi connectivity index (χ2n) is 2.61. The Bertz CT molecular complexity index is 129. The minimum absolute atomic E-state index is 1.12. The molecule has 0 rings (SSSR count). The van der Waals surface area contributed by atoms with Crippen molar-refractivity contribution in [1.82, 2.24) is 0 Å². The van der Waals surface area contributed by atoms with Gasteiger partial charge in [0.25, 0.3) is 0 Å². The highest BCUT2D eigenvalue weighted by Crippen LogP contribution is 2.13. The highest BCUT2D eigenvalue weighted by molar-refractivity contribution is 5.22. The molecule has 0 aromatic rings. The van der Waals surface area contributed by atoms with Crippen LogP contribution in [0.3, 0.4) is 0 Å². The summed E-state index contributed by atoms with van der Waals surface area (Å²) < 4.78 is 0. The maximum Gasteiger partial charge on any atom is -0.0308 e. The van der Waals surface area contributed by atoms with Crippen molar-refractivity contribution in [2.75, 3.05) is 0 Å². The van der Waals surface area contributed by atoms with Crippen molar-refractivity contribution in [2.24, 2.45) is 0 Å². The number of hydrogen-bond donors (Lipinski definition) is 0. The third-order valence-corrected chi connectivity index (χ3v) is 1.80. The summed E-state index contributed by atoms with van der Waals surface area (Å²) >= 11 is 0. The molecule has 0 amide bonds. The lowest BCUT2D eigenvalue weighted by molar-refractivity contribution is 0.884. The van der Waals surface area contributed by atoms with Crippen molar-refractivity contribution in [3.63, 3.8) is 0 Å². The molecule has 0 atom stereocenters. The van der Waals surface area contributed by atoms with Crippen molar-refractivity contribution >= 4 is 0 Å². The number of rotatable bonds is 4. The summed E-state index contributed by atoms with van der Waals surface area (Å²) in [5, 5.41) is 0. The molecular weight excluding hydrogens is 120 g/mol. The van der Waals surface area contributed by atoms with E-state index in [4.69, 9.17) is 0 Å². The van der Waals surface area contributed by atoms with Gasteiger partial charge in [-0.15, -0.1) is 0 Å². The summed E-state index contributed by atoms with van der Waals surface area (Å²) in [5.41, 5.74) is 2.92. The molecule has 0 heterocycles. The van der Waals surface area contributed by atoms with E-state index in [-0.39, 0.29) is 0 Å². The van der Waals surface area contributed by atoms with Gasteiger partial charge in [-0.25, -0.2) is 0 Å². The molecule has 10 heavy (non-hydrogen) atoms. The quantitative estimate of drug-likeness (QED) is 0.520. The third kappa shape index (κ3) is 2.86. The molecule has 0 aliphatic rings. The zero-order valence-electron chi connectivity index (χ0n) is 7.41. The van der Waals surface area contributed by atoms with Crippen LogP contribution < -0.4 is 0 Å². The topological polar surface area (TPSA) is 0 Å². The van der Waals surface area contributed by atoms with Gasteiger partial charge in [0.2, 0.25) is 0 Å². The summed E-state index contributed by atoms with van der Waals surface area (Å²) in [6, 6.07) is 0. The summed E-state index contributed by atoms with van der Waals surface area (Å²) in [4.78, 5) is 0. The van der Waals surface area contributed by atoms with E-state index in [1.54, 1.807) is 0 Å². The first kappa shape index (κ1) is 9.48. The van der Waals surface area contributed by atoms with Crippen LogP contribution in [-0.2, 0) is 0 Å². The van der Waals surface area contributed by atoms with Gasteiger partial charge in [-0.2, -0.15) is 0 Å². The maximum atomic E-state index is 3.78. The first-order valence-electron chi connectivity index (χ1n) is 4.07. The lowest BCUT2D eigenvalue weighted by Gasteiger charge is -2.03. The fraction of sp³-hybridized carbons (Fsp3) is 0.600. The summed E-state index contributed by atoms with van der Waals surface area (Å²) in [5.74, 6) is 0. The monoisotopic (exact) mass is 138 g/mol. The highest BCUT2D eigenvalue weighted by Gasteiger charge is 1.93. The molecule has 0 aliphatic carbocycles. The molecule has 0 radical (unpaired) electrons. The molecule has 0 saturated carbocycles. The van der Waals surface area contributed by atoms with Crippen molar-refractivity contribution in [2.45, 2.75) is 40.0 Å². The van der Waals surface area contributed by atoms with Gasteiger partial charge in [-0.3, -0.25) is 0 Å². The standard InChI is InChI=1S/C10H18/c1-5-8-9(4)10(6-2)7-3/h6H,2,5,7-8H2,1,3-4H3/b10-9-. The zero-order valence-corrected chi connectivity index (χ0v) is 7.41. The minimum Gasteiger partial charge on any atom is -0.0988 e. The smallest absolute Gasteiger partial charge is 0.0308 e. The van der Waals surface area contributed by atoms with Gasteiger partial charge in [-0.05, 0) is 25.3 Å². The zero-order chi connectivity index (χ0) is 7.98. The first-order valence-corrected chi connectivity index (χ1v) is 4.07. The van der Waals surface area contributed by atoms with E-state index in [9.17, 15) is 0 Å². The predicted molar refractivity (Wildman–Crippen MR) is 48.1 cm³/mol. The molecule has 0 aliphatic heterocycles. The largest absolute Gasteiger partial charge is 0.0988 e. The number of allylic oxidation sites excluding steroid dienone is 3. The first-order chi connectivity index (χ1) is 4.76. The molecule has 0 fully saturated rings. The van der Waals surface area contributed by atoms with Crippen LogP contribution in [0.25, 0.3) is 0 Å². The van der Waals surface area contributed by atoms with Crippen LogP contribution >= 0.6 is 0 Å². The normalized spacial score (nSPS) is 12.7. The number of hydrogen-bond acceptors (Lipinski definition) is 0.